The summed E-state index contributed by atoms with van der Waals surface area (Å²) in [6.07, 6.45) is 5.48. The lowest BCUT2D eigenvalue weighted by Gasteiger charge is -2.24. The van der Waals surface area contributed by atoms with Gasteiger partial charge in [0.05, 0.1) is 39.7 Å². The molecule has 8 nitrogen and oxygen atoms in total. The van der Waals surface area contributed by atoms with Gasteiger partial charge in [-0.15, -0.1) is 0 Å². The summed E-state index contributed by atoms with van der Waals surface area (Å²) in [4.78, 5) is 17.2. The van der Waals surface area contributed by atoms with Crippen LogP contribution >= 0.6 is 34.8 Å². The maximum absolute atomic E-state index is 11.3. The minimum absolute atomic E-state index is 0.0811. The molecule has 2 N–H and O–H groups in total. The first-order chi connectivity index (χ1) is 19.4. The number of aliphatic hydroxyl groups is 1. The number of aliphatic hydroxyl groups excluding tert-OH is 1. The molecule has 1 aliphatic carbocycles. The summed E-state index contributed by atoms with van der Waals surface area (Å²) < 4.78 is 11.9. The summed E-state index contributed by atoms with van der Waals surface area (Å²) in [7, 11) is 0. The fraction of sp³-hybridized carbons (Fsp3) is 0.276. The lowest BCUT2D eigenvalue weighted by atomic mass is 10.0. The highest BCUT2D eigenvalue weighted by molar-refractivity contribution is 6.39. The second-order valence-corrected chi connectivity index (χ2v) is 10.7. The lowest BCUT2D eigenvalue weighted by molar-refractivity contribution is 0.0696. The van der Waals surface area contributed by atoms with Crippen molar-refractivity contribution >= 4 is 46.5 Å². The van der Waals surface area contributed by atoms with E-state index in [1.54, 1.807) is 30.5 Å². The number of hydrogen-bond donors (Lipinski definition) is 2. The third-order valence-corrected chi connectivity index (χ3v) is 7.71. The van der Waals surface area contributed by atoms with Gasteiger partial charge in [0.15, 0.2) is 0 Å². The zero-order valence-corrected chi connectivity index (χ0v) is 23.6. The highest BCUT2D eigenvalue weighted by Gasteiger charge is 2.33. The third kappa shape index (κ3) is 6.36. The quantitative estimate of drug-likeness (QED) is 0.180. The Kier molecular flexibility index (Phi) is 8.81. The van der Waals surface area contributed by atoms with Gasteiger partial charge in [-0.25, -0.2) is 4.79 Å². The number of aromatic nitrogens is 2. The summed E-state index contributed by atoms with van der Waals surface area (Å²) in [5, 5.41) is 24.6. The highest BCUT2D eigenvalue weighted by Crippen LogP contribution is 2.46. The van der Waals surface area contributed by atoms with Gasteiger partial charge in [0, 0.05) is 35.8 Å². The number of rotatable bonds is 12. The number of carboxylic acid groups (broad SMARTS) is 1. The van der Waals surface area contributed by atoms with Crippen LogP contribution in [0.15, 0.2) is 59.4 Å². The van der Waals surface area contributed by atoms with Crippen LogP contribution < -0.4 is 9.64 Å². The minimum Gasteiger partial charge on any atom is -0.489 e. The Morgan fingerprint density at radius 3 is 2.50 bits per heavy atom. The van der Waals surface area contributed by atoms with Crippen LogP contribution in [0.5, 0.6) is 5.75 Å². The van der Waals surface area contributed by atoms with Gasteiger partial charge in [-0.3, -0.25) is 4.98 Å². The smallest absolute Gasteiger partial charge is 0.337 e. The van der Waals surface area contributed by atoms with E-state index in [1.165, 1.54) is 12.3 Å². The van der Waals surface area contributed by atoms with Gasteiger partial charge >= 0.3 is 5.97 Å². The fourth-order valence-electron chi connectivity index (χ4n) is 4.49. The molecule has 0 spiro atoms. The summed E-state index contributed by atoms with van der Waals surface area (Å²) in [6.45, 7) is 0.937. The van der Waals surface area contributed by atoms with Crippen molar-refractivity contribution in [1.29, 1.82) is 0 Å². The predicted octanol–water partition coefficient (Wildman–Crippen LogP) is 6.89. The SMILES string of the molecule is O=C(O)c1cncc(N(CCO)CCc2ccc(OCc3c(-c4c(Cl)cccc4Cl)noc3C3CC3)cc2Cl)c1. The molecular formula is C29H26Cl3N3O5. The molecule has 0 atom stereocenters. The molecule has 208 valence electrons. The molecule has 0 unspecified atom stereocenters. The summed E-state index contributed by atoms with van der Waals surface area (Å²) >= 11 is 19.5. The third-order valence-electron chi connectivity index (χ3n) is 6.73. The summed E-state index contributed by atoms with van der Waals surface area (Å²) in [6, 6.07) is 12.3. The first-order valence-corrected chi connectivity index (χ1v) is 13.9. The average Bonchev–Trinajstić information content (AvgIpc) is 3.70. The zero-order valence-electron chi connectivity index (χ0n) is 21.3. The van der Waals surface area contributed by atoms with Gasteiger partial charge in [-0.1, -0.05) is 52.1 Å². The highest BCUT2D eigenvalue weighted by atomic mass is 35.5. The van der Waals surface area contributed by atoms with E-state index in [0.29, 0.717) is 63.2 Å². The Balaban J connectivity index is 1.30. The second-order valence-electron chi connectivity index (χ2n) is 9.48. The molecule has 5 rings (SSSR count). The molecule has 40 heavy (non-hydrogen) atoms. The minimum atomic E-state index is -1.06. The Labute approximate surface area is 246 Å². The van der Waals surface area contributed by atoms with E-state index >= 15 is 0 Å². The number of hydrogen-bond acceptors (Lipinski definition) is 7. The molecule has 4 aromatic rings. The van der Waals surface area contributed by atoms with Crippen molar-refractivity contribution in [3.05, 3.63) is 92.4 Å². The molecule has 2 heterocycles. The van der Waals surface area contributed by atoms with Crippen LogP contribution in [0, 0.1) is 0 Å². The number of anilines is 1. The van der Waals surface area contributed by atoms with E-state index in [4.69, 9.17) is 44.1 Å². The van der Waals surface area contributed by atoms with Crippen LogP contribution in [0.4, 0.5) is 5.69 Å². The first kappa shape index (κ1) is 28.2. The van der Waals surface area contributed by atoms with E-state index in [0.717, 1.165) is 29.7 Å². The Morgan fingerprint density at radius 2 is 1.82 bits per heavy atom. The molecule has 0 amide bonds. The molecule has 0 bridgehead atoms. The van der Waals surface area contributed by atoms with Crippen molar-refractivity contribution in [2.75, 3.05) is 24.6 Å². The number of nitrogens with zero attached hydrogens (tertiary/aromatic N) is 3. The first-order valence-electron chi connectivity index (χ1n) is 12.7. The van der Waals surface area contributed by atoms with Crippen LogP contribution in [0.2, 0.25) is 15.1 Å². The molecule has 0 radical (unpaired) electrons. The molecule has 0 saturated heterocycles. The molecule has 2 aromatic heterocycles. The van der Waals surface area contributed by atoms with E-state index in [2.05, 4.69) is 10.1 Å². The molecule has 1 saturated carbocycles. The Morgan fingerprint density at radius 1 is 1.05 bits per heavy atom. The van der Waals surface area contributed by atoms with E-state index in [-0.39, 0.29) is 18.8 Å². The molecule has 1 fully saturated rings. The van der Waals surface area contributed by atoms with Crippen LogP contribution in [0.25, 0.3) is 11.3 Å². The molecule has 11 heteroatoms. The van der Waals surface area contributed by atoms with E-state index < -0.39 is 5.97 Å². The number of carbonyl (C=O) groups is 1. The number of carboxylic acids is 1. The van der Waals surface area contributed by atoms with E-state index in [9.17, 15) is 15.0 Å². The largest absolute Gasteiger partial charge is 0.489 e. The van der Waals surface area contributed by atoms with Gasteiger partial charge in [0.2, 0.25) is 0 Å². The van der Waals surface area contributed by atoms with Crippen molar-refractivity contribution in [3.63, 3.8) is 0 Å². The average molecular weight is 603 g/mol. The van der Waals surface area contributed by atoms with Gasteiger partial charge in [-0.05, 0) is 55.2 Å². The van der Waals surface area contributed by atoms with E-state index in [1.807, 2.05) is 17.0 Å². The normalized spacial score (nSPS) is 12.9. The van der Waals surface area contributed by atoms with Crippen molar-refractivity contribution in [1.82, 2.24) is 10.1 Å². The summed E-state index contributed by atoms with van der Waals surface area (Å²) in [5.74, 6) is 0.618. The molecular weight excluding hydrogens is 577 g/mol. The Bertz CT molecular complexity index is 1500. The standard InChI is InChI=1S/C29H26Cl3N3O5/c30-23-2-1-3-24(31)26(23)27-22(28(40-34-27)18-4-5-18)16-39-21-7-6-17(25(32)13-21)8-9-35(10-11-36)20-12-19(29(37)38)14-33-15-20/h1-3,6-7,12-15,18,36H,4-5,8-11,16H2,(H,37,38). The lowest BCUT2D eigenvalue weighted by Crippen LogP contribution is -2.29. The van der Waals surface area contributed by atoms with Crippen LogP contribution in [-0.2, 0) is 13.0 Å². The van der Waals surface area contributed by atoms with Crippen LogP contribution in [-0.4, -0.2) is 46.0 Å². The Hall–Kier alpha value is -3.30. The number of pyridine rings is 1. The topological polar surface area (TPSA) is 109 Å². The van der Waals surface area contributed by atoms with Gasteiger partial charge in [-0.2, -0.15) is 0 Å². The number of ether oxygens (including phenoxy) is 1. The van der Waals surface area contributed by atoms with Crippen molar-refractivity contribution in [2.24, 2.45) is 0 Å². The van der Waals surface area contributed by atoms with Crippen molar-refractivity contribution in [2.45, 2.75) is 31.8 Å². The maximum atomic E-state index is 11.3. The number of aromatic carboxylic acids is 1. The second kappa shape index (κ2) is 12.5. The number of benzene rings is 2. The maximum Gasteiger partial charge on any atom is 0.337 e. The molecule has 0 aliphatic heterocycles. The van der Waals surface area contributed by atoms with Gasteiger partial charge in [0.1, 0.15) is 23.8 Å². The van der Waals surface area contributed by atoms with Crippen molar-refractivity contribution < 1.29 is 24.3 Å². The zero-order chi connectivity index (χ0) is 28.2. The van der Waals surface area contributed by atoms with Crippen LogP contribution in [0.3, 0.4) is 0 Å². The van der Waals surface area contributed by atoms with Gasteiger partial charge in [0.25, 0.3) is 0 Å². The fourth-order valence-corrected chi connectivity index (χ4v) is 5.33. The van der Waals surface area contributed by atoms with Gasteiger partial charge < -0.3 is 24.4 Å². The number of halogens is 3. The summed E-state index contributed by atoms with van der Waals surface area (Å²) in [5.41, 5.74) is 3.58. The van der Waals surface area contributed by atoms with Crippen molar-refractivity contribution in [3.8, 4) is 17.0 Å². The predicted molar refractivity (Wildman–Crippen MR) is 154 cm³/mol. The molecule has 1 aliphatic rings. The molecule has 2 aromatic carbocycles. The monoisotopic (exact) mass is 601 g/mol. The van der Waals surface area contributed by atoms with Crippen LogP contribution in [0.1, 0.15) is 46.0 Å².